The molecule has 0 N–H and O–H groups in total. The van der Waals surface area contributed by atoms with Gasteiger partial charge < -0.3 is 18.9 Å². The van der Waals surface area contributed by atoms with Gasteiger partial charge in [-0.25, -0.2) is 4.98 Å². The minimum atomic E-state index is -0.296. The molecule has 0 aliphatic rings. The van der Waals surface area contributed by atoms with Crippen molar-refractivity contribution in [3.63, 3.8) is 0 Å². The lowest BCUT2D eigenvalue weighted by molar-refractivity contribution is 0.266. The molecule has 0 atom stereocenters. The highest BCUT2D eigenvalue weighted by atomic mass is 35.5. The minimum Gasteiger partial charge on any atom is -0.494 e. The number of hydrogen-bond donors (Lipinski definition) is 0. The highest BCUT2D eigenvalue weighted by Gasteiger charge is 2.19. The maximum Gasteiger partial charge on any atom is 0.282 e. The van der Waals surface area contributed by atoms with Crippen LogP contribution >= 0.6 is 23.2 Å². The van der Waals surface area contributed by atoms with E-state index >= 15 is 0 Å². The number of rotatable bonds is 11. The molecular weight excluding hydrogens is 625 g/mol. The lowest BCUT2D eigenvalue weighted by atomic mass is 9.96. The number of aromatic nitrogens is 2. The van der Waals surface area contributed by atoms with Crippen LogP contribution in [-0.4, -0.2) is 36.7 Å². The van der Waals surface area contributed by atoms with Crippen molar-refractivity contribution < 1.29 is 18.9 Å². The van der Waals surface area contributed by atoms with E-state index in [0.29, 0.717) is 56.2 Å². The van der Waals surface area contributed by atoms with Crippen molar-refractivity contribution in [3.8, 4) is 34.4 Å². The first-order valence-electron chi connectivity index (χ1n) is 14.8. The molecule has 0 aliphatic heterocycles. The Hall–Kier alpha value is -4.53. The average molecular weight is 661 g/mol. The topological polar surface area (TPSA) is 84.2 Å². The van der Waals surface area contributed by atoms with Crippen LogP contribution in [0.1, 0.15) is 48.9 Å². The number of ether oxygens (including phenoxy) is 4. The number of methoxy groups -OCH3 is 2. The fraction of sp³-hybridized carbons (Fsp3) is 0.250. The monoisotopic (exact) mass is 659 g/mol. The normalized spacial score (nSPS) is 11.4. The third-order valence-corrected chi connectivity index (χ3v) is 8.05. The molecule has 5 aromatic rings. The number of hydrogen-bond acceptors (Lipinski definition) is 7. The van der Waals surface area contributed by atoms with Crippen LogP contribution in [0.3, 0.4) is 0 Å². The first-order valence-corrected chi connectivity index (χ1v) is 15.6. The molecule has 10 heteroatoms. The van der Waals surface area contributed by atoms with E-state index in [2.05, 4.69) is 18.9 Å². The van der Waals surface area contributed by atoms with Crippen molar-refractivity contribution in [2.45, 2.75) is 40.2 Å². The molecule has 0 saturated heterocycles. The van der Waals surface area contributed by atoms with Crippen LogP contribution in [0.25, 0.3) is 22.3 Å². The van der Waals surface area contributed by atoms with Gasteiger partial charge in [-0.05, 0) is 79.4 Å². The Kier molecular flexibility index (Phi) is 10.2. The highest BCUT2D eigenvalue weighted by Crippen LogP contribution is 2.39. The summed E-state index contributed by atoms with van der Waals surface area (Å²) in [5, 5.41) is 6.15. The summed E-state index contributed by atoms with van der Waals surface area (Å²) in [6.45, 7) is 8.86. The minimum absolute atomic E-state index is 0.164. The van der Waals surface area contributed by atoms with Crippen LogP contribution in [0.2, 0.25) is 10.0 Å². The van der Waals surface area contributed by atoms with Gasteiger partial charge in [-0.3, -0.25) is 4.79 Å². The van der Waals surface area contributed by atoms with Crippen LogP contribution in [-0.2, 0) is 6.61 Å². The van der Waals surface area contributed by atoms with Gasteiger partial charge >= 0.3 is 0 Å². The number of fused-ring (bicyclic) bond motifs is 1. The SMILES string of the molecule is CCOc1cc(C)c(-c2nc3ccccc3c(=O)n2N=Cc2cc(OC)c(OCc3ccc(Cl)cc3Cl)c(OC)c2)cc1C(C)C. The van der Waals surface area contributed by atoms with E-state index in [0.717, 1.165) is 28.0 Å². The second-order valence-electron chi connectivity index (χ2n) is 10.9. The second-order valence-corrected chi connectivity index (χ2v) is 11.7. The molecule has 0 bridgehead atoms. The Morgan fingerprint density at radius 3 is 2.30 bits per heavy atom. The van der Waals surface area contributed by atoms with E-state index < -0.39 is 0 Å². The Balaban J connectivity index is 1.60. The van der Waals surface area contributed by atoms with Gasteiger partial charge in [0, 0.05) is 26.7 Å². The molecule has 0 fully saturated rings. The Morgan fingerprint density at radius 1 is 0.935 bits per heavy atom. The number of benzene rings is 4. The Labute approximate surface area is 278 Å². The van der Waals surface area contributed by atoms with Gasteiger partial charge in [0.05, 0.1) is 37.9 Å². The van der Waals surface area contributed by atoms with Gasteiger partial charge in [-0.1, -0.05) is 55.2 Å². The van der Waals surface area contributed by atoms with E-state index in [1.54, 1.807) is 42.6 Å². The molecule has 1 heterocycles. The maximum absolute atomic E-state index is 13.9. The molecule has 0 aliphatic carbocycles. The lowest BCUT2D eigenvalue weighted by Gasteiger charge is -2.18. The first-order chi connectivity index (χ1) is 22.1. The predicted molar refractivity (Wildman–Crippen MR) is 185 cm³/mol. The summed E-state index contributed by atoms with van der Waals surface area (Å²) in [6, 6.07) is 20.0. The van der Waals surface area contributed by atoms with Crippen LogP contribution in [0.4, 0.5) is 0 Å². The zero-order chi connectivity index (χ0) is 33.0. The zero-order valence-electron chi connectivity index (χ0n) is 26.6. The zero-order valence-corrected chi connectivity index (χ0v) is 28.1. The molecule has 0 radical (unpaired) electrons. The van der Waals surface area contributed by atoms with Crippen molar-refractivity contribution in [1.82, 2.24) is 9.66 Å². The van der Waals surface area contributed by atoms with Gasteiger partial charge in [0.1, 0.15) is 12.4 Å². The summed E-state index contributed by atoms with van der Waals surface area (Å²) in [6.07, 6.45) is 1.57. The smallest absolute Gasteiger partial charge is 0.282 e. The first kappa shape index (κ1) is 32.9. The van der Waals surface area contributed by atoms with E-state index in [4.69, 9.17) is 47.1 Å². The van der Waals surface area contributed by atoms with E-state index in [-0.39, 0.29) is 18.1 Å². The third kappa shape index (κ3) is 6.83. The van der Waals surface area contributed by atoms with Gasteiger partial charge in [0.2, 0.25) is 5.75 Å². The number of halogens is 2. The molecule has 4 aromatic carbocycles. The standard InChI is InChI=1S/C36H35Cl2N3O5/c1-7-45-31-14-22(4)28(18-27(31)21(2)3)35-40-30-11-9-8-10-26(30)36(42)41(35)39-19-23-15-32(43-5)34(33(16-23)44-6)46-20-24-12-13-25(37)17-29(24)38/h8-19,21H,7,20H2,1-6H3. The van der Waals surface area contributed by atoms with Gasteiger partial charge in [-0.15, -0.1) is 0 Å². The summed E-state index contributed by atoms with van der Waals surface area (Å²) in [5.74, 6) is 2.64. The summed E-state index contributed by atoms with van der Waals surface area (Å²) >= 11 is 12.4. The Morgan fingerprint density at radius 2 is 1.65 bits per heavy atom. The average Bonchev–Trinajstić information content (AvgIpc) is 3.04. The predicted octanol–water partition coefficient (Wildman–Crippen LogP) is 8.68. The van der Waals surface area contributed by atoms with E-state index in [9.17, 15) is 4.79 Å². The summed E-state index contributed by atoms with van der Waals surface area (Å²) in [7, 11) is 3.07. The van der Waals surface area contributed by atoms with Crippen molar-refractivity contribution in [3.05, 3.63) is 109 Å². The van der Waals surface area contributed by atoms with Crippen molar-refractivity contribution in [1.29, 1.82) is 0 Å². The summed E-state index contributed by atoms with van der Waals surface area (Å²) in [5.41, 5.74) is 4.36. The van der Waals surface area contributed by atoms with E-state index in [1.165, 1.54) is 18.9 Å². The van der Waals surface area contributed by atoms with Crippen molar-refractivity contribution in [2.24, 2.45) is 5.10 Å². The lowest BCUT2D eigenvalue weighted by Crippen LogP contribution is -2.21. The molecule has 5 rings (SSSR count). The molecule has 238 valence electrons. The largest absolute Gasteiger partial charge is 0.494 e. The van der Waals surface area contributed by atoms with Crippen molar-refractivity contribution >= 4 is 40.3 Å². The molecule has 46 heavy (non-hydrogen) atoms. The summed E-state index contributed by atoms with van der Waals surface area (Å²) < 4.78 is 24.7. The maximum atomic E-state index is 13.9. The fourth-order valence-corrected chi connectivity index (χ4v) is 5.57. The highest BCUT2D eigenvalue weighted by molar-refractivity contribution is 6.35. The molecule has 0 amide bonds. The summed E-state index contributed by atoms with van der Waals surface area (Å²) in [4.78, 5) is 18.8. The van der Waals surface area contributed by atoms with Gasteiger partial charge in [0.25, 0.3) is 5.56 Å². The number of nitrogens with zero attached hydrogens (tertiary/aromatic N) is 3. The van der Waals surface area contributed by atoms with Crippen LogP contribution in [0.15, 0.2) is 76.6 Å². The molecular formula is C36H35Cl2N3O5. The molecule has 8 nitrogen and oxygen atoms in total. The van der Waals surface area contributed by atoms with Crippen LogP contribution in [0.5, 0.6) is 23.0 Å². The fourth-order valence-electron chi connectivity index (χ4n) is 5.11. The van der Waals surface area contributed by atoms with Crippen LogP contribution in [0, 0.1) is 6.92 Å². The van der Waals surface area contributed by atoms with Gasteiger partial charge in [-0.2, -0.15) is 9.78 Å². The van der Waals surface area contributed by atoms with Crippen LogP contribution < -0.4 is 24.5 Å². The molecule has 0 spiro atoms. The van der Waals surface area contributed by atoms with E-state index in [1.807, 2.05) is 44.2 Å². The number of para-hydroxylation sites is 1. The number of aryl methyl sites for hydroxylation is 1. The molecule has 0 saturated carbocycles. The quantitative estimate of drug-likeness (QED) is 0.132. The second kappa shape index (κ2) is 14.3. The van der Waals surface area contributed by atoms with Crippen molar-refractivity contribution in [2.75, 3.05) is 20.8 Å². The van der Waals surface area contributed by atoms with Gasteiger partial charge in [0.15, 0.2) is 17.3 Å². The Bertz CT molecular complexity index is 1960. The third-order valence-electron chi connectivity index (χ3n) is 7.47. The molecule has 0 unspecified atom stereocenters. The molecule has 1 aromatic heterocycles.